The van der Waals surface area contributed by atoms with Crippen LogP contribution >= 0.6 is 11.3 Å². The van der Waals surface area contributed by atoms with E-state index in [0.29, 0.717) is 6.54 Å². The third-order valence-corrected chi connectivity index (χ3v) is 4.35. The largest absolute Gasteiger partial charge is 0.387 e. The first-order valence-corrected chi connectivity index (χ1v) is 8.20. The van der Waals surface area contributed by atoms with Crippen LogP contribution in [-0.4, -0.2) is 17.7 Å². The Hall–Kier alpha value is -1.85. The lowest BCUT2D eigenvalue weighted by molar-refractivity contribution is 0.173. The van der Waals surface area contributed by atoms with Crippen LogP contribution in [0.2, 0.25) is 0 Å². The molecule has 0 spiro atoms. The summed E-state index contributed by atoms with van der Waals surface area (Å²) in [5, 5.41) is 19.2. The molecule has 1 atom stereocenters. The van der Waals surface area contributed by atoms with E-state index < -0.39 is 6.10 Å². The van der Waals surface area contributed by atoms with Gasteiger partial charge < -0.3 is 15.7 Å². The number of thiophene rings is 1. The van der Waals surface area contributed by atoms with Crippen molar-refractivity contribution in [3.8, 4) is 0 Å². The predicted molar refractivity (Wildman–Crippen MR) is 90.2 cm³/mol. The van der Waals surface area contributed by atoms with Gasteiger partial charge in [-0.15, -0.1) is 0 Å². The summed E-state index contributed by atoms with van der Waals surface area (Å²) in [4.78, 5) is 11.8. The zero-order chi connectivity index (χ0) is 16.1. The van der Waals surface area contributed by atoms with Crippen molar-refractivity contribution in [3.63, 3.8) is 0 Å². The Bertz CT molecular complexity index is 615. The number of rotatable bonds is 5. The number of aliphatic hydroxyl groups is 1. The van der Waals surface area contributed by atoms with Crippen LogP contribution in [-0.2, 0) is 6.54 Å². The molecule has 2 aromatic rings. The number of amides is 2. The van der Waals surface area contributed by atoms with Gasteiger partial charge in [0, 0.05) is 13.1 Å². The van der Waals surface area contributed by atoms with Crippen molar-refractivity contribution >= 4 is 17.4 Å². The lowest BCUT2D eigenvalue weighted by atomic mass is 10.00. The summed E-state index contributed by atoms with van der Waals surface area (Å²) in [7, 11) is 0. The number of carbonyl (C=O) groups is 1. The maximum atomic E-state index is 11.8. The van der Waals surface area contributed by atoms with E-state index >= 15 is 0 Å². The molecule has 22 heavy (non-hydrogen) atoms. The number of hydrogen-bond donors (Lipinski definition) is 3. The molecule has 0 saturated heterocycles. The third-order valence-electron chi connectivity index (χ3n) is 3.65. The van der Waals surface area contributed by atoms with Crippen LogP contribution in [0.25, 0.3) is 0 Å². The highest BCUT2D eigenvalue weighted by molar-refractivity contribution is 7.07. The summed E-state index contributed by atoms with van der Waals surface area (Å²) < 4.78 is 0. The van der Waals surface area contributed by atoms with E-state index in [0.717, 1.165) is 11.1 Å². The Labute approximate surface area is 135 Å². The Balaban J connectivity index is 1.83. The zero-order valence-corrected chi connectivity index (χ0v) is 14.0. The van der Waals surface area contributed by atoms with Gasteiger partial charge in [0.2, 0.25) is 0 Å². The lowest BCUT2D eigenvalue weighted by Crippen LogP contribution is -2.37. The normalized spacial score (nSPS) is 12.0. The molecular formula is C17H22N2O2S. The molecule has 0 bridgehead atoms. The average molecular weight is 318 g/mol. The number of hydrogen-bond acceptors (Lipinski definition) is 3. The van der Waals surface area contributed by atoms with Crippen molar-refractivity contribution in [1.29, 1.82) is 0 Å². The zero-order valence-electron chi connectivity index (χ0n) is 13.1. The molecule has 1 heterocycles. The minimum absolute atomic E-state index is 0.203. The molecule has 0 radical (unpaired) electrons. The number of nitrogens with one attached hydrogen (secondary N) is 2. The first kappa shape index (κ1) is 16.5. The van der Waals surface area contributed by atoms with Crippen LogP contribution in [0.15, 0.2) is 29.0 Å². The van der Waals surface area contributed by atoms with Crippen LogP contribution in [0.4, 0.5) is 4.79 Å². The maximum absolute atomic E-state index is 11.8. The molecule has 0 fully saturated rings. The van der Waals surface area contributed by atoms with E-state index in [1.54, 1.807) is 0 Å². The number of urea groups is 1. The van der Waals surface area contributed by atoms with E-state index in [4.69, 9.17) is 0 Å². The van der Waals surface area contributed by atoms with Crippen LogP contribution in [0, 0.1) is 20.8 Å². The molecule has 4 nitrogen and oxygen atoms in total. The first-order chi connectivity index (χ1) is 10.5. The highest BCUT2D eigenvalue weighted by Gasteiger charge is 2.10. The molecule has 0 aliphatic rings. The molecule has 3 N–H and O–H groups in total. The van der Waals surface area contributed by atoms with Gasteiger partial charge in [0.05, 0.1) is 6.10 Å². The Kier molecular flexibility index (Phi) is 5.57. The molecule has 118 valence electrons. The highest BCUT2D eigenvalue weighted by Crippen LogP contribution is 2.16. The topological polar surface area (TPSA) is 61.4 Å². The summed E-state index contributed by atoms with van der Waals surface area (Å²) in [6, 6.07) is 5.81. The van der Waals surface area contributed by atoms with Crippen LogP contribution < -0.4 is 10.6 Å². The van der Waals surface area contributed by atoms with Gasteiger partial charge in [-0.2, -0.15) is 11.3 Å². The number of aliphatic hydroxyl groups excluding tert-OH is 1. The summed E-state index contributed by atoms with van der Waals surface area (Å²) in [6.45, 7) is 6.85. The van der Waals surface area contributed by atoms with Gasteiger partial charge in [-0.3, -0.25) is 0 Å². The van der Waals surface area contributed by atoms with Crippen molar-refractivity contribution in [2.75, 3.05) is 6.54 Å². The molecule has 2 amide bonds. The average Bonchev–Trinajstić information content (AvgIpc) is 2.97. The molecule has 2 rings (SSSR count). The van der Waals surface area contributed by atoms with Crippen molar-refractivity contribution < 1.29 is 9.90 Å². The van der Waals surface area contributed by atoms with E-state index in [9.17, 15) is 9.90 Å². The second-order valence-electron chi connectivity index (χ2n) is 5.51. The fraction of sp³-hybridized carbons (Fsp3) is 0.353. The fourth-order valence-corrected chi connectivity index (χ4v) is 3.20. The standard InChI is InChI=1S/C17H22N2O2S/c1-11-6-12(2)15(13(3)7-11)8-18-17(21)19-9-16(20)14-4-5-22-10-14/h4-7,10,16,20H,8-9H2,1-3H3,(H2,18,19,21). The maximum Gasteiger partial charge on any atom is 0.315 e. The minimum Gasteiger partial charge on any atom is -0.387 e. The van der Waals surface area contributed by atoms with E-state index in [2.05, 4.69) is 43.5 Å². The van der Waals surface area contributed by atoms with Gasteiger partial charge in [-0.25, -0.2) is 4.79 Å². The SMILES string of the molecule is Cc1cc(C)c(CNC(=O)NCC(O)c2ccsc2)c(C)c1. The van der Waals surface area contributed by atoms with Gasteiger partial charge in [0.1, 0.15) is 0 Å². The van der Waals surface area contributed by atoms with E-state index in [1.807, 2.05) is 16.8 Å². The lowest BCUT2D eigenvalue weighted by Gasteiger charge is -2.14. The van der Waals surface area contributed by atoms with Gasteiger partial charge in [0.25, 0.3) is 0 Å². The first-order valence-electron chi connectivity index (χ1n) is 7.26. The van der Waals surface area contributed by atoms with Gasteiger partial charge in [0.15, 0.2) is 0 Å². The molecule has 1 unspecified atom stereocenters. The highest BCUT2D eigenvalue weighted by atomic mass is 32.1. The summed E-state index contributed by atoms with van der Waals surface area (Å²) in [5.74, 6) is 0. The van der Waals surface area contributed by atoms with Crippen molar-refractivity contribution in [2.45, 2.75) is 33.4 Å². The Morgan fingerprint density at radius 3 is 2.50 bits per heavy atom. The van der Waals surface area contributed by atoms with Gasteiger partial charge in [-0.1, -0.05) is 17.7 Å². The van der Waals surface area contributed by atoms with Gasteiger partial charge >= 0.3 is 6.03 Å². The Morgan fingerprint density at radius 1 is 1.23 bits per heavy atom. The number of carbonyl (C=O) groups excluding carboxylic acids is 1. The van der Waals surface area contributed by atoms with Crippen LogP contribution in [0.3, 0.4) is 0 Å². The molecule has 1 aromatic heterocycles. The van der Waals surface area contributed by atoms with Gasteiger partial charge in [-0.05, 0) is 59.9 Å². The monoisotopic (exact) mass is 318 g/mol. The molecule has 5 heteroatoms. The molecular weight excluding hydrogens is 296 g/mol. The fourth-order valence-electron chi connectivity index (χ4n) is 2.49. The summed E-state index contributed by atoms with van der Waals surface area (Å²) in [6.07, 6.45) is -0.667. The smallest absolute Gasteiger partial charge is 0.315 e. The quantitative estimate of drug-likeness (QED) is 0.793. The van der Waals surface area contributed by atoms with Crippen molar-refractivity contribution in [3.05, 3.63) is 56.8 Å². The van der Waals surface area contributed by atoms with Crippen LogP contribution in [0.5, 0.6) is 0 Å². The second-order valence-corrected chi connectivity index (χ2v) is 6.29. The van der Waals surface area contributed by atoms with E-state index in [-0.39, 0.29) is 12.6 Å². The summed E-state index contributed by atoms with van der Waals surface area (Å²) in [5.41, 5.74) is 5.55. The minimum atomic E-state index is -0.667. The number of benzene rings is 1. The number of aryl methyl sites for hydroxylation is 3. The van der Waals surface area contributed by atoms with Crippen molar-refractivity contribution in [1.82, 2.24) is 10.6 Å². The molecule has 1 aromatic carbocycles. The molecule has 0 aliphatic heterocycles. The Morgan fingerprint density at radius 2 is 1.91 bits per heavy atom. The second kappa shape index (κ2) is 7.42. The summed E-state index contributed by atoms with van der Waals surface area (Å²) >= 11 is 1.53. The molecule has 0 aliphatic carbocycles. The molecule has 0 saturated carbocycles. The van der Waals surface area contributed by atoms with Crippen molar-refractivity contribution in [2.24, 2.45) is 0 Å². The van der Waals surface area contributed by atoms with Crippen LogP contribution in [0.1, 0.15) is 33.9 Å². The predicted octanol–water partition coefficient (Wildman–Crippen LogP) is 3.21. The third kappa shape index (κ3) is 4.32. The van der Waals surface area contributed by atoms with E-state index in [1.165, 1.54) is 28.0 Å².